The highest BCUT2D eigenvalue weighted by atomic mass is 32.2. The van der Waals surface area contributed by atoms with Crippen molar-refractivity contribution in [2.24, 2.45) is 0 Å². The maximum atomic E-state index is 9.97. The molecule has 0 radical (unpaired) electrons. The third-order valence-corrected chi connectivity index (χ3v) is 3.78. The predicted molar refractivity (Wildman–Crippen MR) is 73.5 cm³/mol. The standard InChI is InChI=1S/C13H18N2OS/c1-3-17-9-11(16)8-15-10(2)14-12-6-4-5-7-13(12)15/h4-7,11,16H,3,8-9H2,1-2H3. The molecule has 0 amide bonds. The number of aryl methyl sites for hydroxylation is 1. The van der Waals surface area contributed by atoms with Crippen LogP contribution >= 0.6 is 11.8 Å². The first kappa shape index (κ1) is 12.5. The number of imidazole rings is 1. The number of aliphatic hydroxyl groups is 1. The van der Waals surface area contributed by atoms with E-state index >= 15 is 0 Å². The minimum Gasteiger partial charge on any atom is -0.390 e. The normalized spacial score (nSPS) is 13.1. The molecule has 0 bridgehead atoms. The topological polar surface area (TPSA) is 38.0 Å². The Morgan fingerprint density at radius 2 is 2.18 bits per heavy atom. The van der Waals surface area contributed by atoms with Gasteiger partial charge in [0.2, 0.25) is 0 Å². The van der Waals surface area contributed by atoms with Crippen molar-refractivity contribution in [3.63, 3.8) is 0 Å². The van der Waals surface area contributed by atoms with E-state index in [0.717, 1.165) is 28.4 Å². The zero-order valence-electron chi connectivity index (χ0n) is 10.3. The molecule has 1 aromatic carbocycles. The van der Waals surface area contributed by atoms with Gasteiger partial charge in [0.05, 0.1) is 23.7 Å². The molecule has 0 saturated heterocycles. The molecule has 0 saturated carbocycles. The fourth-order valence-electron chi connectivity index (χ4n) is 1.94. The Labute approximate surface area is 106 Å². The first-order valence-corrected chi connectivity index (χ1v) is 7.05. The van der Waals surface area contributed by atoms with Gasteiger partial charge in [0.25, 0.3) is 0 Å². The highest BCUT2D eigenvalue weighted by molar-refractivity contribution is 7.99. The lowest BCUT2D eigenvalue weighted by atomic mass is 10.3. The molecule has 92 valence electrons. The number of hydrogen-bond acceptors (Lipinski definition) is 3. The molecule has 1 N–H and O–H groups in total. The Bertz CT molecular complexity index is 495. The van der Waals surface area contributed by atoms with Crippen LogP contribution in [0.15, 0.2) is 24.3 Å². The number of thioether (sulfide) groups is 1. The Hall–Kier alpha value is -1.00. The van der Waals surface area contributed by atoms with Crippen LogP contribution in [-0.4, -0.2) is 32.3 Å². The number of rotatable bonds is 5. The van der Waals surface area contributed by atoms with Crippen LogP contribution in [0.3, 0.4) is 0 Å². The summed E-state index contributed by atoms with van der Waals surface area (Å²) in [5.41, 5.74) is 2.10. The third-order valence-electron chi connectivity index (χ3n) is 2.75. The molecule has 17 heavy (non-hydrogen) atoms. The van der Waals surface area contributed by atoms with Crippen LogP contribution in [0.1, 0.15) is 12.7 Å². The summed E-state index contributed by atoms with van der Waals surface area (Å²) < 4.78 is 2.09. The third kappa shape index (κ3) is 2.82. The quantitative estimate of drug-likeness (QED) is 0.886. The van der Waals surface area contributed by atoms with Crippen LogP contribution in [-0.2, 0) is 6.54 Å². The van der Waals surface area contributed by atoms with Gasteiger partial charge in [0.15, 0.2) is 0 Å². The minimum absolute atomic E-state index is 0.309. The Balaban J connectivity index is 2.20. The Morgan fingerprint density at radius 3 is 2.94 bits per heavy atom. The maximum absolute atomic E-state index is 9.97. The van der Waals surface area contributed by atoms with E-state index in [1.54, 1.807) is 11.8 Å². The van der Waals surface area contributed by atoms with Gasteiger partial charge in [0, 0.05) is 5.75 Å². The number of nitrogens with zero attached hydrogens (tertiary/aromatic N) is 2. The van der Waals surface area contributed by atoms with Crippen molar-refractivity contribution in [1.29, 1.82) is 0 Å². The highest BCUT2D eigenvalue weighted by Crippen LogP contribution is 2.16. The molecule has 0 aliphatic carbocycles. The molecule has 1 aromatic heterocycles. The van der Waals surface area contributed by atoms with E-state index in [2.05, 4.69) is 22.5 Å². The van der Waals surface area contributed by atoms with Crippen LogP contribution in [0, 0.1) is 6.92 Å². The molecule has 1 atom stereocenters. The van der Waals surface area contributed by atoms with E-state index < -0.39 is 0 Å². The van der Waals surface area contributed by atoms with E-state index in [4.69, 9.17) is 0 Å². The zero-order valence-corrected chi connectivity index (χ0v) is 11.1. The van der Waals surface area contributed by atoms with Crippen molar-refractivity contribution in [3.8, 4) is 0 Å². The Kier molecular flexibility index (Phi) is 4.07. The van der Waals surface area contributed by atoms with E-state index in [-0.39, 0.29) is 6.10 Å². The van der Waals surface area contributed by atoms with Crippen LogP contribution in [0.5, 0.6) is 0 Å². The Morgan fingerprint density at radius 1 is 1.41 bits per heavy atom. The predicted octanol–water partition coefficient (Wildman–Crippen LogP) is 2.46. The van der Waals surface area contributed by atoms with Gasteiger partial charge in [-0.3, -0.25) is 0 Å². The number of hydrogen-bond donors (Lipinski definition) is 1. The molecule has 2 aromatic rings. The van der Waals surface area contributed by atoms with E-state index in [1.807, 2.05) is 25.1 Å². The maximum Gasteiger partial charge on any atom is 0.106 e. The van der Waals surface area contributed by atoms with Crippen molar-refractivity contribution < 1.29 is 5.11 Å². The lowest BCUT2D eigenvalue weighted by Gasteiger charge is -2.12. The second kappa shape index (κ2) is 5.56. The molecule has 3 nitrogen and oxygen atoms in total. The van der Waals surface area contributed by atoms with Crippen molar-refractivity contribution in [2.75, 3.05) is 11.5 Å². The molecule has 1 heterocycles. The number of fused-ring (bicyclic) bond motifs is 1. The van der Waals surface area contributed by atoms with Crippen molar-refractivity contribution in [3.05, 3.63) is 30.1 Å². The minimum atomic E-state index is -0.309. The molecule has 2 rings (SSSR count). The average Bonchev–Trinajstić information content (AvgIpc) is 2.64. The first-order chi connectivity index (χ1) is 8.22. The fourth-order valence-corrected chi connectivity index (χ4v) is 2.56. The van der Waals surface area contributed by atoms with Gasteiger partial charge in [-0.1, -0.05) is 19.1 Å². The van der Waals surface area contributed by atoms with Crippen LogP contribution < -0.4 is 0 Å². The molecular formula is C13H18N2OS. The highest BCUT2D eigenvalue weighted by Gasteiger charge is 2.11. The van der Waals surface area contributed by atoms with Gasteiger partial charge in [-0.05, 0) is 24.8 Å². The largest absolute Gasteiger partial charge is 0.390 e. The number of para-hydroxylation sites is 2. The fraction of sp³-hybridized carbons (Fsp3) is 0.462. The van der Waals surface area contributed by atoms with Crippen LogP contribution in [0.2, 0.25) is 0 Å². The lowest BCUT2D eigenvalue weighted by Crippen LogP contribution is -2.19. The number of benzene rings is 1. The van der Waals surface area contributed by atoms with Gasteiger partial charge < -0.3 is 9.67 Å². The van der Waals surface area contributed by atoms with Gasteiger partial charge >= 0.3 is 0 Å². The summed E-state index contributed by atoms with van der Waals surface area (Å²) in [7, 11) is 0. The van der Waals surface area contributed by atoms with Crippen molar-refractivity contribution in [2.45, 2.75) is 26.5 Å². The molecule has 4 heteroatoms. The summed E-state index contributed by atoms with van der Waals surface area (Å²) in [5, 5.41) is 9.97. The summed E-state index contributed by atoms with van der Waals surface area (Å²) in [6.07, 6.45) is -0.309. The monoisotopic (exact) mass is 250 g/mol. The van der Waals surface area contributed by atoms with Gasteiger partial charge in [-0.25, -0.2) is 4.98 Å². The second-order valence-electron chi connectivity index (χ2n) is 4.07. The molecule has 0 aliphatic rings. The van der Waals surface area contributed by atoms with Crippen molar-refractivity contribution in [1.82, 2.24) is 9.55 Å². The first-order valence-electron chi connectivity index (χ1n) is 5.90. The van der Waals surface area contributed by atoms with Crippen LogP contribution in [0.25, 0.3) is 11.0 Å². The molecule has 0 spiro atoms. The van der Waals surface area contributed by atoms with Gasteiger partial charge in [-0.2, -0.15) is 11.8 Å². The van der Waals surface area contributed by atoms with Crippen LogP contribution in [0.4, 0.5) is 0 Å². The van der Waals surface area contributed by atoms with Gasteiger partial charge in [0.1, 0.15) is 5.82 Å². The second-order valence-corrected chi connectivity index (χ2v) is 5.39. The number of aliphatic hydroxyl groups excluding tert-OH is 1. The molecule has 0 aliphatic heterocycles. The summed E-state index contributed by atoms with van der Waals surface area (Å²) in [5.74, 6) is 2.79. The van der Waals surface area contributed by atoms with Crippen molar-refractivity contribution >= 4 is 22.8 Å². The molecular weight excluding hydrogens is 232 g/mol. The summed E-state index contributed by atoms with van der Waals surface area (Å²) in [4.78, 5) is 4.49. The lowest BCUT2D eigenvalue weighted by molar-refractivity contribution is 0.178. The molecule has 1 unspecified atom stereocenters. The SMILES string of the molecule is CCSCC(O)Cn1c(C)nc2ccccc21. The number of aromatic nitrogens is 2. The van der Waals surface area contributed by atoms with E-state index in [0.29, 0.717) is 6.54 Å². The zero-order chi connectivity index (χ0) is 12.3. The smallest absolute Gasteiger partial charge is 0.106 e. The molecule has 0 fully saturated rings. The average molecular weight is 250 g/mol. The van der Waals surface area contributed by atoms with Gasteiger partial charge in [-0.15, -0.1) is 0 Å². The van der Waals surface area contributed by atoms with E-state index in [9.17, 15) is 5.11 Å². The summed E-state index contributed by atoms with van der Waals surface area (Å²) >= 11 is 1.77. The summed E-state index contributed by atoms with van der Waals surface area (Å²) in [6.45, 7) is 4.72. The van der Waals surface area contributed by atoms with E-state index in [1.165, 1.54) is 0 Å². The summed E-state index contributed by atoms with van der Waals surface area (Å²) in [6, 6.07) is 8.05.